The molecule has 1 N–H and O–H groups in total. The molecule has 108 valence electrons. The summed E-state index contributed by atoms with van der Waals surface area (Å²) in [5.74, 6) is -2.73. The third kappa shape index (κ3) is 3.78. The Kier molecular flexibility index (Phi) is 4.17. The SMILES string of the molecule is O=C(Cc1cccc([N+](=O)[O-])c1)Nc1ccc(F)nc1F. The zero-order chi connectivity index (χ0) is 15.4. The molecule has 0 fully saturated rings. The number of amides is 1. The van der Waals surface area contributed by atoms with Crippen LogP contribution in [0.1, 0.15) is 5.56 Å². The van der Waals surface area contributed by atoms with Gasteiger partial charge in [0.15, 0.2) is 0 Å². The van der Waals surface area contributed by atoms with Crippen molar-refractivity contribution in [2.24, 2.45) is 0 Å². The average Bonchev–Trinajstić information content (AvgIpc) is 2.42. The van der Waals surface area contributed by atoms with Gasteiger partial charge in [0.2, 0.25) is 17.8 Å². The van der Waals surface area contributed by atoms with Crippen LogP contribution in [0.4, 0.5) is 20.2 Å². The Morgan fingerprint density at radius 2 is 2.05 bits per heavy atom. The Balaban J connectivity index is 2.08. The van der Waals surface area contributed by atoms with Gasteiger partial charge >= 0.3 is 0 Å². The minimum atomic E-state index is -1.14. The molecular formula is C13H9F2N3O3. The number of nitrogens with zero attached hydrogens (tertiary/aromatic N) is 2. The quantitative estimate of drug-likeness (QED) is 0.533. The summed E-state index contributed by atoms with van der Waals surface area (Å²) in [5.41, 5.74) is -0.000982. The van der Waals surface area contributed by atoms with Crippen molar-refractivity contribution in [3.63, 3.8) is 0 Å². The summed E-state index contributed by atoms with van der Waals surface area (Å²) < 4.78 is 25.9. The van der Waals surface area contributed by atoms with E-state index >= 15 is 0 Å². The van der Waals surface area contributed by atoms with Crippen LogP contribution >= 0.6 is 0 Å². The van der Waals surface area contributed by atoms with Gasteiger partial charge in [0.05, 0.1) is 17.0 Å². The number of nitrogens with one attached hydrogen (secondary N) is 1. The number of aromatic nitrogens is 1. The predicted octanol–water partition coefficient (Wildman–Crippen LogP) is 2.45. The summed E-state index contributed by atoms with van der Waals surface area (Å²) >= 11 is 0. The molecule has 0 saturated carbocycles. The highest BCUT2D eigenvalue weighted by molar-refractivity contribution is 5.92. The van der Waals surface area contributed by atoms with Crippen LogP contribution in [-0.4, -0.2) is 15.8 Å². The van der Waals surface area contributed by atoms with Crippen LogP contribution in [-0.2, 0) is 11.2 Å². The summed E-state index contributed by atoms with van der Waals surface area (Å²) in [6, 6.07) is 7.48. The van der Waals surface area contributed by atoms with E-state index in [2.05, 4.69) is 10.3 Å². The number of nitro benzene ring substituents is 1. The maximum Gasteiger partial charge on any atom is 0.269 e. The number of halogens is 2. The Morgan fingerprint density at radius 1 is 1.29 bits per heavy atom. The van der Waals surface area contributed by atoms with Crippen LogP contribution < -0.4 is 5.32 Å². The molecule has 1 amide bonds. The minimum absolute atomic E-state index is 0.144. The lowest BCUT2D eigenvalue weighted by molar-refractivity contribution is -0.384. The van der Waals surface area contributed by atoms with E-state index in [9.17, 15) is 23.7 Å². The molecule has 8 heteroatoms. The number of hydrogen-bond donors (Lipinski definition) is 1. The molecular weight excluding hydrogens is 284 g/mol. The Labute approximate surface area is 117 Å². The highest BCUT2D eigenvalue weighted by Crippen LogP contribution is 2.15. The van der Waals surface area contributed by atoms with Crippen LogP contribution in [0.15, 0.2) is 36.4 Å². The summed E-state index contributed by atoms with van der Waals surface area (Å²) in [6.07, 6.45) is -0.182. The fourth-order valence-corrected chi connectivity index (χ4v) is 1.67. The van der Waals surface area contributed by atoms with Crippen molar-refractivity contribution in [1.29, 1.82) is 0 Å². The molecule has 0 saturated heterocycles. The number of carbonyl (C=O) groups excluding carboxylic acids is 1. The first-order valence-electron chi connectivity index (χ1n) is 5.81. The number of nitro groups is 1. The molecule has 6 nitrogen and oxygen atoms in total. The van der Waals surface area contributed by atoms with Gasteiger partial charge in [0.1, 0.15) is 0 Å². The van der Waals surface area contributed by atoms with Crippen LogP contribution in [0.25, 0.3) is 0 Å². The molecule has 0 bridgehead atoms. The molecule has 0 aliphatic heterocycles. The van der Waals surface area contributed by atoms with Gasteiger partial charge in [-0.3, -0.25) is 14.9 Å². The minimum Gasteiger partial charge on any atom is -0.322 e. The van der Waals surface area contributed by atoms with Crippen molar-refractivity contribution >= 4 is 17.3 Å². The summed E-state index contributed by atoms with van der Waals surface area (Å²) in [5, 5.41) is 12.8. The molecule has 21 heavy (non-hydrogen) atoms. The van der Waals surface area contributed by atoms with Crippen LogP contribution in [0.2, 0.25) is 0 Å². The Bertz CT molecular complexity index is 707. The van der Waals surface area contributed by atoms with Crippen molar-refractivity contribution in [1.82, 2.24) is 4.98 Å². The van der Waals surface area contributed by atoms with Gasteiger partial charge in [-0.25, -0.2) is 0 Å². The monoisotopic (exact) mass is 293 g/mol. The fraction of sp³-hybridized carbons (Fsp3) is 0.0769. The molecule has 2 aromatic rings. The number of hydrogen-bond acceptors (Lipinski definition) is 4. The van der Waals surface area contributed by atoms with Gasteiger partial charge in [0, 0.05) is 12.1 Å². The number of carbonyl (C=O) groups is 1. The molecule has 1 heterocycles. The second-order valence-electron chi connectivity index (χ2n) is 4.12. The van der Waals surface area contributed by atoms with E-state index < -0.39 is 22.7 Å². The van der Waals surface area contributed by atoms with Gasteiger partial charge in [-0.2, -0.15) is 13.8 Å². The molecule has 0 aliphatic carbocycles. The maximum absolute atomic E-state index is 13.3. The third-order valence-corrected chi connectivity index (χ3v) is 2.57. The van der Waals surface area contributed by atoms with Crippen molar-refractivity contribution in [3.05, 3.63) is 64.0 Å². The zero-order valence-corrected chi connectivity index (χ0v) is 10.5. The van der Waals surface area contributed by atoms with E-state index in [-0.39, 0.29) is 17.8 Å². The van der Waals surface area contributed by atoms with Crippen LogP contribution in [0, 0.1) is 22.0 Å². The van der Waals surface area contributed by atoms with E-state index in [1.165, 1.54) is 24.3 Å². The van der Waals surface area contributed by atoms with Crippen molar-refractivity contribution in [2.75, 3.05) is 5.32 Å². The number of rotatable bonds is 4. The number of benzene rings is 1. The van der Waals surface area contributed by atoms with Gasteiger partial charge in [0.25, 0.3) is 5.69 Å². The first-order chi connectivity index (χ1) is 9.95. The first-order valence-corrected chi connectivity index (χ1v) is 5.81. The maximum atomic E-state index is 13.3. The topological polar surface area (TPSA) is 85.1 Å². The second kappa shape index (κ2) is 6.04. The fourth-order valence-electron chi connectivity index (χ4n) is 1.67. The highest BCUT2D eigenvalue weighted by Gasteiger charge is 2.12. The van der Waals surface area contributed by atoms with Gasteiger partial charge in [-0.05, 0) is 17.7 Å². The normalized spacial score (nSPS) is 10.2. The van der Waals surface area contributed by atoms with Gasteiger partial charge < -0.3 is 5.32 Å². The smallest absolute Gasteiger partial charge is 0.269 e. The van der Waals surface area contributed by atoms with E-state index in [0.717, 1.165) is 12.1 Å². The van der Waals surface area contributed by atoms with Crippen molar-refractivity contribution < 1.29 is 18.5 Å². The first kappa shape index (κ1) is 14.5. The lowest BCUT2D eigenvalue weighted by Gasteiger charge is -2.06. The molecule has 1 aromatic heterocycles. The van der Waals surface area contributed by atoms with E-state index in [0.29, 0.717) is 5.56 Å². The molecule has 0 unspecified atom stereocenters. The van der Waals surface area contributed by atoms with E-state index in [1.807, 2.05) is 0 Å². The number of pyridine rings is 1. The second-order valence-corrected chi connectivity index (χ2v) is 4.12. The summed E-state index contributed by atoms with van der Waals surface area (Å²) in [7, 11) is 0. The predicted molar refractivity (Wildman–Crippen MR) is 69.6 cm³/mol. The van der Waals surface area contributed by atoms with E-state index in [1.54, 1.807) is 0 Å². The standard InChI is InChI=1S/C13H9F2N3O3/c14-11-5-4-10(13(15)17-11)16-12(19)7-8-2-1-3-9(6-8)18(20)21/h1-6H,7H2,(H,16,19). The van der Waals surface area contributed by atoms with Crippen molar-refractivity contribution in [2.45, 2.75) is 6.42 Å². The largest absolute Gasteiger partial charge is 0.322 e. The molecule has 0 atom stereocenters. The zero-order valence-electron chi connectivity index (χ0n) is 10.5. The third-order valence-electron chi connectivity index (χ3n) is 2.57. The lowest BCUT2D eigenvalue weighted by Crippen LogP contribution is -2.16. The highest BCUT2D eigenvalue weighted by atomic mass is 19.1. The number of anilines is 1. The van der Waals surface area contributed by atoms with Crippen LogP contribution in [0.3, 0.4) is 0 Å². The Hall–Kier alpha value is -2.90. The molecule has 0 radical (unpaired) electrons. The molecule has 2 rings (SSSR count). The molecule has 0 aliphatic rings. The lowest BCUT2D eigenvalue weighted by atomic mass is 10.1. The summed E-state index contributed by atoms with van der Waals surface area (Å²) in [6.45, 7) is 0. The van der Waals surface area contributed by atoms with Crippen LogP contribution in [0.5, 0.6) is 0 Å². The van der Waals surface area contributed by atoms with Gasteiger partial charge in [-0.1, -0.05) is 12.1 Å². The number of non-ortho nitro benzene ring substituents is 1. The van der Waals surface area contributed by atoms with E-state index in [4.69, 9.17) is 0 Å². The summed E-state index contributed by atoms with van der Waals surface area (Å²) in [4.78, 5) is 24.7. The average molecular weight is 293 g/mol. The van der Waals surface area contributed by atoms with Crippen molar-refractivity contribution in [3.8, 4) is 0 Å². The van der Waals surface area contributed by atoms with Gasteiger partial charge in [-0.15, -0.1) is 0 Å². The Morgan fingerprint density at radius 3 is 2.71 bits per heavy atom. The molecule has 1 aromatic carbocycles. The molecule has 0 spiro atoms.